The Bertz CT molecular complexity index is 1500. The van der Waals surface area contributed by atoms with E-state index in [0.717, 1.165) is 65.6 Å². The van der Waals surface area contributed by atoms with Crippen LogP contribution in [-0.4, -0.2) is 46.5 Å². The molecule has 0 N–H and O–H groups in total. The average molecular weight is 489 g/mol. The zero-order valence-electron chi connectivity index (χ0n) is 20.7. The van der Waals surface area contributed by atoms with Crippen molar-refractivity contribution in [1.82, 2.24) is 14.9 Å². The number of anilines is 1. The van der Waals surface area contributed by atoms with Crippen molar-refractivity contribution in [2.75, 3.05) is 24.5 Å². The Morgan fingerprint density at radius 1 is 0.946 bits per heavy atom. The van der Waals surface area contributed by atoms with Crippen LogP contribution in [0, 0.1) is 34.5 Å². The maximum Gasteiger partial charge on any atom is 0.226 e. The number of hydrogen-bond donors (Lipinski definition) is 0. The summed E-state index contributed by atoms with van der Waals surface area (Å²) in [6.45, 7) is 2.16. The van der Waals surface area contributed by atoms with Gasteiger partial charge in [0, 0.05) is 48.6 Å². The largest absolute Gasteiger partial charge is 0.352 e. The van der Waals surface area contributed by atoms with E-state index in [-0.39, 0.29) is 12.0 Å². The number of amides is 1. The van der Waals surface area contributed by atoms with Crippen molar-refractivity contribution in [1.29, 1.82) is 10.5 Å². The third kappa shape index (κ3) is 3.90. The number of benzene rings is 1. The van der Waals surface area contributed by atoms with Gasteiger partial charge < -0.3 is 9.80 Å². The Morgan fingerprint density at radius 2 is 1.78 bits per heavy atom. The third-order valence-electron chi connectivity index (χ3n) is 8.41. The maximum atomic E-state index is 13.0. The molecule has 2 aromatic heterocycles. The molecule has 1 aromatic carbocycles. The predicted molar refractivity (Wildman–Crippen MR) is 140 cm³/mol. The molecule has 37 heavy (non-hydrogen) atoms. The lowest BCUT2D eigenvalue weighted by Gasteiger charge is -2.43. The Kier molecular flexibility index (Phi) is 5.15. The van der Waals surface area contributed by atoms with E-state index in [9.17, 15) is 15.3 Å². The number of nitriles is 2. The first-order valence-corrected chi connectivity index (χ1v) is 13.4. The SMILES string of the molecule is N#Cc1cc(-c2cccc3c(C#N)nccc23)c(C2CC2)nc1N1CCN(C(=O)C2CC2)[C@H](C2CC2)C1. The third-order valence-corrected chi connectivity index (χ3v) is 8.41. The minimum atomic E-state index is 0.217. The van der Waals surface area contributed by atoms with Crippen molar-refractivity contribution < 1.29 is 4.79 Å². The predicted octanol–water partition coefficient (Wildman–Crippen LogP) is 4.75. The Labute approximate surface area is 216 Å². The molecule has 0 unspecified atom stereocenters. The Morgan fingerprint density at radius 3 is 2.49 bits per heavy atom. The Balaban J connectivity index is 1.30. The summed E-state index contributed by atoms with van der Waals surface area (Å²) in [5.74, 6) is 2.28. The summed E-state index contributed by atoms with van der Waals surface area (Å²) in [4.78, 5) is 26.8. The van der Waals surface area contributed by atoms with Gasteiger partial charge in [-0.15, -0.1) is 0 Å². The Hall–Kier alpha value is -3.97. The molecule has 3 aliphatic carbocycles. The van der Waals surface area contributed by atoms with Crippen molar-refractivity contribution in [2.45, 2.75) is 50.5 Å². The number of pyridine rings is 2. The van der Waals surface area contributed by atoms with E-state index in [1.54, 1.807) is 6.20 Å². The minimum Gasteiger partial charge on any atom is -0.352 e. The van der Waals surface area contributed by atoms with Gasteiger partial charge >= 0.3 is 0 Å². The summed E-state index contributed by atoms with van der Waals surface area (Å²) < 4.78 is 0. The van der Waals surface area contributed by atoms with Crippen LogP contribution in [0.1, 0.15) is 61.4 Å². The normalized spacial score (nSPS) is 21.5. The number of fused-ring (bicyclic) bond motifs is 1. The minimum absolute atomic E-state index is 0.217. The molecule has 1 saturated heterocycles. The van der Waals surface area contributed by atoms with E-state index < -0.39 is 0 Å². The number of carbonyl (C=O) groups is 1. The maximum absolute atomic E-state index is 13.0. The number of aromatic nitrogens is 2. The second-order valence-electron chi connectivity index (χ2n) is 11.0. The summed E-state index contributed by atoms with van der Waals surface area (Å²) in [5, 5.41) is 21.6. The number of carbonyl (C=O) groups excluding carboxylic acids is 1. The lowest BCUT2D eigenvalue weighted by Crippen LogP contribution is -2.57. The summed E-state index contributed by atoms with van der Waals surface area (Å²) in [6.07, 6.45) is 8.28. The van der Waals surface area contributed by atoms with Crippen LogP contribution in [0.2, 0.25) is 0 Å². The van der Waals surface area contributed by atoms with E-state index in [4.69, 9.17) is 4.98 Å². The van der Waals surface area contributed by atoms with Crippen molar-refractivity contribution in [2.24, 2.45) is 11.8 Å². The molecule has 7 rings (SSSR count). The van der Waals surface area contributed by atoms with E-state index >= 15 is 0 Å². The molecule has 7 nitrogen and oxygen atoms in total. The van der Waals surface area contributed by atoms with Gasteiger partial charge in [-0.1, -0.05) is 18.2 Å². The zero-order chi connectivity index (χ0) is 25.1. The van der Waals surface area contributed by atoms with Crippen molar-refractivity contribution in [3.63, 3.8) is 0 Å². The van der Waals surface area contributed by atoms with Crippen LogP contribution in [0.3, 0.4) is 0 Å². The molecule has 3 heterocycles. The quantitative estimate of drug-likeness (QED) is 0.514. The first-order valence-electron chi connectivity index (χ1n) is 13.4. The number of piperazine rings is 1. The van der Waals surface area contributed by atoms with Crippen LogP contribution in [0.25, 0.3) is 21.9 Å². The molecule has 4 aliphatic rings. The van der Waals surface area contributed by atoms with Crippen molar-refractivity contribution in [3.8, 4) is 23.3 Å². The van der Waals surface area contributed by atoms with Crippen LogP contribution in [-0.2, 0) is 4.79 Å². The highest BCUT2D eigenvalue weighted by Gasteiger charge is 2.45. The number of rotatable bonds is 5. The van der Waals surface area contributed by atoms with Gasteiger partial charge in [0.2, 0.25) is 5.91 Å². The second kappa shape index (κ2) is 8.56. The van der Waals surface area contributed by atoms with Gasteiger partial charge in [0.1, 0.15) is 23.7 Å². The lowest BCUT2D eigenvalue weighted by molar-refractivity contribution is -0.135. The van der Waals surface area contributed by atoms with Crippen LogP contribution < -0.4 is 4.90 Å². The highest BCUT2D eigenvalue weighted by molar-refractivity contribution is 5.99. The van der Waals surface area contributed by atoms with Gasteiger partial charge in [0.25, 0.3) is 0 Å². The fraction of sp³-hybridized carbons (Fsp3) is 0.433. The van der Waals surface area contributed by atoms with E-state index in [2.05, 4.69) is 33.0 Å². The van der Waals surface area contributed by atoms with Gasteiger partial charge in [-0.05, 0) is 67.5 Å². The molecule has 1 aliphatic heterocycles. The van der Waals surface area contributed by atoms with Crippen LogP contribution in [0.15, 0.2) is 36.5 Å². The second-order valence-corrected chi connectivity index (χ2v) is 11.0. The number of hydrogen-bond acceptors (Lipinski definition) is 6. The summed E-state index contributed by atoms with van der Waals surface area (Å²) in [6, 6.07) is 14.7. The van der Waals surface area contributed by atoms with Gasteiger partial charge in [-0.2, -0.15) is 10.5 Å². The molecule has 3 saturated carbocycles. The molecule has 1 atom stereocenters. The van der Waals surface area contributed by atoms with Crippen molar-refractivity contribution in [3.05, 3.63) is 53.5 Å². The molecule has 0 bridgehead atoms. The van der Waals surface area contributed by atoms with Gasteiger partial charge in [0.05, 0.1) is 17.3 Å². The van der Waals surface area contributed by atoms with Gasteiger partial charge in [0.15, 0.2) is 0 Å². The van der Waals surface area contributed by atoms with Gasteiger partial charge in [-0.25, -0.2) is 9.97 Å². The van der Waals surface area contributed by atoms with Crippen molar-refractivity contribution >= 4 is 22.5 Å². The number of nitrogens with zero attached hydrogens (tertiary/aromatic N) is 6. The van der Waals surface area contributed by atoms with Gasteiger partial charge in [-0.3, -0.25) is 4.79 Å². The molecule has 7 heteroatoms. The monoisotopic (exact) mass is 488 g/mol. The molecule has 184 valence electrons. The molecule has 3 aromatic rings. The molecular formula is C30H28N6O. The smallest absolute Gasteiger partial charge is 0.226 e. The fourth-order valence-corrected chi connectivity index (χ4v) is 5.98. The topological polar surface area (TPSA) is 96.9 Å². The highest BCUT2D eigenvalue weighted by atomic mass is 16.2. The standard InChI is InChI=1S/C30H28N6O/c31-15-21-14-25(22-2-1-3-24-23(22)10-11-33-26(24)16-32)28(19-6-7-19)34-29(21)35-12-13-36(30(37)20-8-9-20)27(17-35)18-4-5-18/h1-3,10-11,14,18-20,27H,4-9,12-13,17H2/t27-/m0/s1. The molecular weight excluding hydrogens is 460 g/mol. The van der Waals surface area contributed by atoms with Crippen LogP contribution in [0.5, 0.6) is 0 Å². The summed E-state index contributed by atoms with van der Waals surface area (Å²) in [7, 11) is 0. The molecule has 1 amide bonds. The lowest BCUT2D eigenvalue weighted by atomic mass is 9.94. The first kappa shape index (κ1) is 22.2. The van der Waals surface area contributed by atoms with Crippen LogP contribution >= 0.6 is 0 Å². The highest BCUT2D eigenvalue weighted by Crippen LogP contribution is 2.47. The van der Waals surface area contributed by atoms with E-state index in [0.29, 0.717) is 42.1 Å². The van der Waals surface area contributed by atoms with E-state index in [1.807, 2.05) is 24.3 Å². The van der Waals surface area contributed by atoms with E-state index in [1.165, 1.54) is 12.8 Å². The fourth-order valence-electron chi connectivity index (χ4n) is 5.98. The molecule has 4 fully saturated rings. The molecule has 0 radical (unpaired) electrons. The van der Waals surface area contributed by atoms with Crippen LogP contribution in [0.4, 0.5) is 5.82 Å². The first-order chi connectivity index (χ1) is 18.2. The molecule has 0 spiro atoms. The summed E-state index contributed by atoms with van der Waals surface area (Å²) >= 11 is 0. The average Bonchev–Trinajstić information content (AvgIpc) is 3.80. The zero-order valence-corrected chi connectivity index (χ0v) is 20.7. The summed E-state index contributed by atoms with van der Waals surface area (Å²) in [5.41, 5.74) is 3.98.